The molecule has 0 spiro atoms. The number of alkyl halides is 2. The van der Waals surface area contributed by atoms with E-state index in [-0.39, 0.29) is 23.9 Å². The minimum absolute atomic E-state index is 0.0242. The first-order chi connectivity index (χ1) is 6.65. The number of carbonyl (C=O) groups is 1. The van der Waals surface area contributed by atoms with Crippen molar-refractivity contribution in [1.82, 2.24) is 0 Å². The molecule has 1 rings (SSSR count). The Bertz CT molecular complexity index is 341. The van der Waals surface area contributed by atoms with E-state index < -0.39 is 0 Å². The fourth-order valence-electron chi connectivity index (χ4n) is 1.17. The number of halogens is 3. The first-order valence-electron chi connectivity index (χ1n) is 4.07. The lowest BCUT2D eigenvalue weighted by Gasteiger charge is -2.02. The van der Waals surface area contributed by atoms with Crippen LogP contribution in [0.15, 0.2) is 18.2 Å². The van der Waals surface area contributed by atoms with Gasteiger partial charge in [0.05, 0.1) is 5.33 Å². The van der Waals surface area contributed by atoms with Gasteiger partial charge in [-0.3, -0.25) is 4.79 Å². The highest BCUT2D eigenvalue weighted by Crippen LogP contribution is 2.12. The Balaban J connectivity index is 2.86. The highest BCUT2D eigenvalue weighted by molar-refractivity contribution is 9.09. The third-order valence-electron chi connectivity index (χ3n) is 1.72. The fraction of sp³-hybridized carbons (Fsp3) is 0.300. The molecule has 76 valence electrons. The molecule has 0 aliphatic carbocycles. The SMILES string of the molecule is O=C(CBr)Cc1cc(F)cc(CCl)c1. The average Bonchev–Trinajstić information content (AvgIpc) is 2.16. The quantitative estimate of drug-likeness (QED) is 0.774. The van der Waals surface area contributed by atoms with Crippen molar-refractivity contribution >= 4 is 33.3 Å². The maximum Gasteiger partial charge on any atom is 0.147 e. The van der Waals surface area contributed by atoms with E-state index in [0.717, 1.165) is 0 Å². The molecule has 1 nitrogen and oxygen atoms in total. The molecule has 0 saturated carbocycles. The Morgan fingerprint density at radius 1 is 1.36 bits per heavy atom. The third kappa shape index (κ3) is 3.39. The lowest BCUT2D eigenvalue weighted by molar-refractivity contribution is -0.115. The zero-order valence-corrected chi connectivity index (χ0v) is 9.74. The van der Waals surface area contributed by atoms with Crippen molar-refractivity contribution < 1.29 is 9.18 Å². The number of hydrogen-bond donors (Lipinski definition) is 0. The topological polar surface area (TPSA) is 17.1 Å². The minimum atomic E-state index is -0.347. The van der Waals surface area contributed by atoms with Crippen LogP contribution in [0, 0.1) is 5.82 Å². The highest BCUT2D eigenvalue weighted by atomic mass is 79.9. The predicted octanol–water partition coefficient (Wildman–Crippen LogP) is 3.07. The first-order valence-corrected chi connectivity index (χ1v) is 5.73. The van der Waals surface area contributed by atoms with Crippen molar-refractivity contribution in [3.8, 4) is 0 Å². The maximum absolute atomic E-state index is 13.0. The monoisotopic (exact) mass is 278 g/mol. The number of carbonyl (C=O) groups excluding carboxylic acids is 1. The van der Waals surface area contributed by atoms with Crippen LogP contribution in [-0.4, -0.2) is 11.1 Å². The van der Waals surface area contributed by atoms with Gasteiger partial charge in [-0.2, -0.15) is 0 Å². The van der Waals surface area contributed by atoms with Gasteiger partial charge in [-0.15, -0.1) is 11.6 Å². The second-order valence-electron chi connectivity index (χ2n) is 2.95. The molecule has 0 fully saturated rings. The van der Waals surface area contributed by atoms with Gasteiger partial charge in [0.2, 0.25) is 0 Å². The van der Waals surface area contributed by atoms with Crippen LogP contribution in [0.5, 0.6) is 0 Å². The molecule has 0 N–H and O–H groups in total. The zero-order valence-electron chi connectivity index (χ0n) is 7.40. The number of hydrogen-bond acceptors (Lipinski definition) is 1. The molecule has 0 aromatic heterocycles. The molecule has 0 unspecified atom stereocenters. The van der Waals surface area contributed by atoms with Crippen molar-refractivity contribution in [2.24, 2.45) is 0 Å². The molecule has 0 aliphatic rings. The second-order valence-corrected chi connectivity index (χ2v) is 3.78. The molecule has 0 heterocycles. The smallest absolute Gasteiger partial charge is 0.147 e. The van der Waals surface area contributed by atoms with E-state index in [4.69, 9.17) is 11.6 Å². The number of rotatable bonds is 4. The second kappa shape index (κ2) is 5.47. The molecular weight excluding hydrogens is 270 g/mol. The first kappa shape index (κ1) is 11.7. The van der Waals surface area contributed by atoms with Crippen molar-refractivity contribution in [3.63, 3.8) is 0 Å². The van der Waals surface area contributed by atoms with Crippen LogP contribution in [-0.2, 0) is 17.1 Å². The normalized spacial score (nSPS) is 10.2. The zero-order chi connectivity index (χ0) is 10.6. The number of Topliss-reactive ketones (excluding diaryl/α,β-unsaturated/α-hetero) is 1. The standard InChI is InChI=1S/C10H9BrClFO/c11-5-10(14)4-7-1-8(6-12)3-9(13)2-7/h1-3H,4-6H2. The van der Waals surface area contributed by atoms with E-state index in [1.807, 2.05) is 0 Å². The molecule has 0 atom stereocenters. The van der Waals surface area contributed by atoms with Crippen LogP contribution in [0.2, 0.25) is 0 Å². The molecule has 4 heteroatoms. The summed E-state index contributed by atoms with van der Waals surface area (Å²) in [7, 11) is 0. The van der Waals surface area contributed by atoms with Gasteiger partial charge >= 0.3 is 0 Å². The summed E-state index contributed by atoms with van der Waals surface area (Å²) in [5, 5.41) is 0.291. The molecule has 14 heavy (non-hydrogen) atoms. The molecule has 0 bridgehead atoms. The Morgan fingerprint density at radius 3 is 2.57 bits per heavy atom. The van der Waals surface area contributed by atoms with E-state index in [2.05, 4.69) is 15.9 Å². The van der Waals surface area contributed by atoms with E-state index >= 15 is 0 Å². The van der Waals surface area contributed by atoms with Crippen molar-refractivity contribution in [2.75, 3.05) is 5.33 Å². The summed E-state index contributed by atoms with van der Waals surface area (Å²) in [4.78, 5) is 11.1. The molecule has 0 radical (unpaired) electrons. The van der Waals surface area contributed by atoms with E-state index in [1.54, 1.807) is 6.07 Å². The van der Waals surface area contributed by atoms with Crippen LogP contribution < -0.4 is 0 Å². The Hall–Kier alpha value is -0.410. The molecule has 0 aliphatic heterocycles. The molecule has 1 aromatic carbocycles. The van der Waals surface area contributed by atoms with Gasteiger partial charge in [0.15, 0.2) is 0 Å². The van der Waals surface area contributed by atoms with Gasteiger partial charge in [0.25, 0.3) is 0 Å². The summed E-state index contributed by atoms with van der Waals surface area (Å²) in [6.45, 7) is 0. The van der Waals surface area contributed by atoms with Crippen molar-refractivity contribution in [3.05, 3.63) is 35.1 Å². The van der Waals surface area contributed by atoms with E-state index in [0.29, 0.717) is 16.5 Å². The van der Waals surface area contributed by atoms with Gasteiger partial charge in [-0.1, -0.05) is 22.0 Å². The fourth-order valence-corrected chi connectivity index (χ4v) is 1.52. The van der Waals surface area contributed by atoms with Crippen molar-refractivity contribution in [2.45, 2.75) is 12.3 Å². The Morgan fingerprint density at radius 2 is 2.00 bits per heavy atom. The molecule has 0 saturated heterocycles. The summed E-state index contributed by atoms with van der Waals surface area (Å²) >= 11 is 8.64. The minimum Gasteiger partial charge on any atom is -0.298 e. The van der Waals surface area contributed by atoms with E-state index in [9.17, 15) is 9.18 Å². The Labute approximate surface area is 95.4 Å². The summed E-state index contributed by atoms with van der Waals surface area (Å²) in [6.07, 6.45) is 0.243. The lowest BCUT2D eigenvalue weighted by atomic mass is 10.1. The van der Waals surface area contributed by atoms with E-state index in [1.165, 1.54) is 12.1 Å². The van der Waals surface area contributed by atoms with Crippen LogP contribution in [0.4, 0.5) is 4.39 Å². The van der Waals surface area contributed by atoms with Crippen LogP contribution >= 0.6 is 27.5 Å². The average molecular weight is 280 g/mol. The van der Waals surface area contributed by atoms with Crippen LogP contribution in [0.3, 0.4) is 0 Å². The van der Waals surface area contributed by atoms with Crippen LogP contribution in [0.25, 0.3) is 0 Å². The molecular formula is C10H9BrClFO. The number of benzene rings is 1. The predicted molar refractivity (Wildman–Crippen MR) is 58.5 cm³/mol. The lowest BCUT2D eigenvalue weighted by Crippen LogP contribution is -2.04. The largest absolute Gasteiger partial charge is 0.298 e. The molecule has 0 amide bonds. The van der Waals surface area contributed by atoms with Gasteiger partial charge in [-0.25, -0.2) is 4.39 Å². The van der Waals surface area contributed by atoms with Gasteiger partial charge in [0, 0.05) is 12.3 Å². The van der Waals surface area contributed by atoms with Crippen molar-refractivity contribution in [1.29, 1.82) is 0 Å². The Kier molecular flexibility index (Phi) is 4.55. The summed E-state index contributed by atoms with van der Waals surface area (Å²) < 4.78 is 13.0. The van der Waals surface area contributed by atoms with Gasteiger partial charge < -0.3 is 0 Å². The van der Waals surface area contributed by atoms with Gasteiger partial charge in [0.1, 0.15) is 11.6 Å². The summed E-state index contributed by atoms with van der Waals surface area (Å²) in [5.74, 6) is -0.0653. The maximum atomic E-state index is 13.0. The highest BCUT2D eigenvalue weighted by Gasteiger charge is 2.04. The van der Waals surface area contributed by atoms with Crippen LogP contribution in [0.1, 0.15) is 11.1 Å². The summed E-state index contributed by atoms with van der Waals surface area (Å²) in [5.41, 5.74) is 1.37. The summed E-state index contributed by atoms with van der Waals surface area (Å²) in [6, 6.07) is 4.47. The van der Waals surface area contributed by atoms with Gasteiger partial charge in [-0.05, 0) is 23.3 Å². The number of ketones is 1. The third-order valence-corrected chi connectivity index (χ3v) is 2.66. The molecule has 1 aromatic rings.